The van der Waals surface area contributed by atoms with Crippen molar-refractivity contribution in [1.82, 2.24) is 19.5 Å². The Bertz CT molecular complexity index is 582. The molecule has 0 amide bonds. The number of nitrogens with one attached hydrogen (secondary N) is 1. The normalized spacial score (nSPS) is 22.1. The van der Waals surface area contributed by atoms with Crippen LogP contribution < -0.4 is 5.32 Å². The number of hydrogen-bond donors (Lipinski definition) is 1. The molecule has 2 aromatic heterocycles. The third-order valence-corrected chi connectivity index (χ3v) is 3.57. The van der Waals surface area contributed by atoms with Crippen LogP contribution in [0.25, 0.3) is 0 Å². The molecule has 0 bridgehead atoms. The molecule has 2 aromatic rings. The van der Waals surface area contributed by atoms with Crippen molar-refractivity contribution in [2.45, 2.75) is 39.0 Å². The van der Waals surface area contributed by atoms with Gasteiger partial charge in [0.05, 0.1) is 6.04 Å². The van der Waals surface area contributed by atoms with Crippen LogP contribution in [-0.2, 0) is 11.3 Å². The molecule has 1 saturated heterocycles. The van der Waals surface area contributed by atoms with E-state index in [1.54, 1.807) is 6.33 Å². The van der Waals surface area contributed by atoms with Crippen molar-refractivity contribution in [3.05, 3.63) is 36.3 Å². The molecule has 6 nitrogen and oxygen atoms in total. The molecule has 3 heterocycles. The minimum atomic E-state index is -0.0276. The largest absolute Gasteiger partial charge is 0.368 e. The molecule has 0 radical (unpaired) electrons. The first kappa shape index (κ1) is 13.1. The number of rotatable bonds is 4. The fourth-order valence-corrected chi connectivity index (χ4v) is 2.56. The first-order chi connectivity index (χ1) is 9.78. The number of aryl methyl sites for hydroxylation is 2. The van der Waals surface area contributed by atoms with Crippen LogP contribution in [0.4, 0.5) is 5.82 Å². The van der Waals surface area contributed by atoms with Gasteiger partial charge in [-0.3, -0.25) is 0 Å². The molecule has 1 fully saturated rings. The van der Waals surface area contributed by atoms with Crippen LogP contribution in [0.1, 0.15) is 31.0 Å². The Balaban J connectivity index is 1.79. The molecule has 106 valence electrons. The van der Waals surface area contributed by atoms with E-state index >= 15 is 0 Å². The Kier molecular flexibility index (Phi) is 3.64. The topological polar surface area (TPSA) is 64.9 Å². The summed E-state index contributed by atoms with van der Waals surface area (Å²) in [6.07, 6.45) is 6.31. The molecule has 0 spiro atoms. The van der Waals surface area contributed by atoms with E-state index in [9.17, 15) is 0 Å². The Morgan fingerprint density at radius 1 is 1.40 bits per heavy atom. The molecule has 1 N–H and O–H groups in total. The zero-order chi connectivity index (χ0) is 13.9. The third kappa shape index (κ3) is 2.51. The summed E-state index contributed by atoms with van der Waals surface area (Å²) in [4.78, 5) is 12.8. The predicted octanol–water partition coefficient (Wildman–Crippen LogP) is 1.94. The van der Waals surface area contributed by atoms with Gasteiger partial charge in [0.25, 0.3) is 0 Å². The molecular formula is C14H19N5O. The molecule has 0 aromatic carbocycles. The minimum absolute atomic E-state index is 0.0276. The average molecular weight is 273 g/mol. The van der Waals surface area contributed by atoms with Gasteiger partial charge in [-0.2, -0.15) is 0 Å². The predicted molar refractivity (Wildman–Crippen MR) is 75.4 cm³/mol. The molecular weight excluding hydrogens is 254 g/mol. The van der Waals surface area contributed by atoms with E-state index in [1.807, 2.05) is 25.4 Å². The number of imidazole rings is 1. The van der Waals surface area contributed by atoms with Crippen molar-refractivity contribution < 1.29 is 4.74 Å². The molecule has 0 aliphatic carbocycles. The standard InChI is InChI=1S/C14H19N5O/c1-3-19-6-5-15-14(19)13-11(4-7-20-13)18-12-8-10(2)16-9-17-12/h5-6,8-9,11,13H,3-4,7H2,1-2H3,(H,16,17,18)/t11-,13-/m0/s1. The highest BCUT2D eigenvalue weighted by atomic mass is 16.5. The molecule has 3 rings (SSSR count). The summed E-state index contributed by atoms with van der Waals surface area (Å²) in [6, 6.07) is 2.14. The van der Waals surface area contributed by atoms with Crippen LogP contribution in [0.5, 0.6) is 0 Å². The fraction of sp³-hybridized carbons (Fsp3) is 0.500. The Morgan fingerprint density at radius 3 is 3.10 bits per heavy atom. The van der Waals surface area contributed by atoms with Crippen LogP contribution in [0.3, 0.4) is 0 Å². The monoisotopic (exact) mass is 273 g/mol. The number of aromatic nitrogens is 4. The Labute approximate surface area is 118 Å². The first-order valence-electron chi connectivity index (χ1n) is 6.95. The minimum Gasteiger partial charge on any atom is -0.368 e. The molecule has 1 aliphatic heterocycles. The van der Waals surface area contributed by atoms with E-state index in [1.165, 1.54) is 0 Å². The summed E-state index contributed by atoms with van der Waals surface area (Å²) < 4.78 is 7.99. The summed E-state index contributed by atoms with van der Waals surface area (Å²) in [5.41, 5.74) is 0.952. The molecule has 2 atom stereocenters. The maximum Gasteiger partial charge on any atom is 0.140 e. The summed E-state index contributed by atoms with van der Waals surface area (Å²) in [5, 5.41) is 3.44. The van der Waals surface area contributed by atoms with Gasteiger partial charge < -0.3 is 14.6 Å². The van der Waals surface area contributed by atoms with Gasteiger partial charge in [0.15, 0.2) is 0 Å². The second kappa shape index (κ2) is 5.58. The fourth-order valence-electron chi connectivity index (χ4n) is 2.56. The van der Waals surface area contributed by atoms with Gasteiger partial charge >= 0.3 is 0 Å². The molecule has 0 unspecified atom stereocenters. The van der Waals surface area contributed by atoms with E-state index in [0.29, 0.717) is 0 Å². The van der Waals surface area contributed by atoms with Gasteiger partial charge in [-0.25, -0.2) is 15.0 Å². The number of anilines is 1. The lowest BCUT2D eigenvalue weighted by Crippen LogP contribution is -2.26. The van der Waals surface area contributed by atoms with E-state index in [4.69, 9.17) is 4.74 Å². The average Bonchev–Trinajstić information content (AvgIpc) is 3.06. The van der Waals surface area contributed by atoms with Crippen LogP contribution in [0, 0.1) is 6.92 Å². The zero-order valence-electron chi connectivity index (χ0n) is 11.8. The molecule has 20 heavy (non-hydrogen) atoms. The van der Waals surface area contributed by atoms with E-state index in [-0.39, 0.29) is 12.1 Å². The summed E-state index contributed by atoms with van der Waals surface area (Å²) in [7, 11) is 0. The number of ether oxygens (including phenoxy) is 1. The van der Waals surface area contributed by atoms with Crippen molar-refractivity contribution in [2.24, 2.45) is 0 Å². The lowest BCUT2D eigenvalue weighted by Gasteiger charge is -2.20. The van der Waals surface area contributed by atoms with Crippen LogP contribution >= 0.6 is 0 Å². The van der Waals surface area contributed by atoms with Gasteiger partial charge in [0.1, 0.15) is 24.1 Å². The Morgan fingerprint density at radius 2 is 2.30 bits per heavy atom. The van der Waals surface area contributed by atoms with Gasteiger partial charge in [0.2, 0.25) is 0 Å². The van der Waals surface area contributed by atoms with Gasteiger partial charge in [0, 0.05) is 37.3 Å². The van der Waals surface area contributed by atoms with Crippen LogP contribution in [-0.4, -0.2) is 32.2 Å². The summed E-state index contributed by atoms with van der Waals surface area (Å²) >= 11 is 0. The maximum absolute atomic E-state index is 5.87. The number of hydrogen-bond acceptors (Lipinski definition) is 5. The van der Waals surface area contributed by atoms with Gasteiger partial charge in [-0.1, -0.05) is 0 Å². The summed E-state index contributed by atoms with van der Waals surface area (Å²) in [6.45, 7) is 5.70. The summed E-state index contributed by atoms with van der Waals surface area (Å²) in [5.74, 6) is 1.82. The van der Waals surface area contributed by atoms with Crippen LogP contribution in [0.15, 0.2) is 24.8 Å². The third-order valence-electron chi connectivity index (χ3n) is 3.57. The highest BCUT2D eigenvalue weighted by Gasteiger charge is 2.32. The van der Waals surface area contributed by atoms with Gasteiger partial charge in [-0.15, -0.1) is 0 Å². The maximum atomic E-state index is 5.87. The highest BCUT2D eigenvalue weighted by molar-refractivity contribution is 5.36. The van der Waals surface area contributed by atoms with Crippen LogP contribution in [0.2, 0.25) is 0 Å². The second-order valence-corrected chi connectivity index (χ2v) is 4.95. The van der Waals surface area contributed by atoms with Gasteiger partial charge in [-0.05, 0) is 20.3 Å². The molecule has 6 heteroatoms. The van der Waals surface area contributed by atoms with Crippen molar-refractivity contribution >= 4 is 5.82 Å². The lowest BCUT2D eigenvalue weighted by atomic mass is 10.1. The lowest BCUT2D eigenvalue weighted by molar-refractivity contribution is 0.0976. The van der Waals surface area contributed by atoms with E-state index in [0.717, 1.165) is 36.9 Å². The zero-order valence-corrected chi connectivity index (χ0v) is 11.8. The van der Waals surface area contributed by atoms with Crippen molar-refractivity contribution in [3.8, 4) is 0 Å². The first-order valence-corrected chi connectivity index (χ1v) is 6.95. The van der Waals surface area contributed by atoms with Crippen molar-refractivity contribution in [1.29, 1.82) is 0 Å². The van der Waals surface area contributed by atoms with E-state index in [2.05, 4.69) is 31.8 Å². The SMILES string of the molecule is CCn1ccnc1[C@H]1OCC[C@@H]1Nc1cc(C)ncn1. The second-order valence-electron chi connectivity index (χ2n) is 4.95. The van der Waals surface area contributed by atoms with Crippen molar-refractivity contribution in [3.63, 3.8) is 0 Å². The highest BCUT2D eigenvalue weighted by Crippen LogP contribution is 2.30. The smallest absolute Gasteiger partial charge is 0.140 e. The van der Waals surface area contributed by atoms with Crippen molar-refractivity contribution in [2.75, 3.05) is 11.9 Å². The number of nitrogens with zero attached hydrogens (tertiary/aromatic N) is 4. The molecule has 1 aliphatic rings. The molecule has 0 saturated carbocycles. The van der Waals surface area contributed by atoms with E-state index < -0.39 is 0 Å². The quantitative estimate of drug-likeness (QED) is 0.922. The Hall–Kier alpha value is -1.95.